The van der Waals surface area contributed by atoms with Crippen molar-refractivity contribution in [3.05, 3.63) is 33.2 Å². The van der Waals surface area contributed by atoms with Crippen LogP contribution in [0.15, 0.2) is 17.1 Å². The number of pyridine rings is 1. The predicted octanol–water partition coefficient (Wildman–Crippen LogP) is 0.409. The molecule has 5 heteroatoms. The van der Waals surface area contributed by atoms with E-state index in [1.807, 2.05) is 0 Å². The monoisotopic (exact) mass is 202 g/mol. The third kappa shape index (κ3) is 2.30. The van der Waals surface area contributed by atoms with Crippen molar-refractivity contribution >= 4 is 11.6 Å². The van der Waals surface area contributed by atoms with E-state index in [-0.39, 0.29) is 10.6 Å². The van der Waals surface area contributed by atoms with Gasteiger partial charge in [-0.2, -0.15) is 0 Å². The summed E-state index contributed by atoms with van der Waals surface area (Å²) in [4.78, 5) is 13.3. The fourth-order valence-electron chi connectivity index (χ4n) is 0.942. The third-order valence-electron chi connectivity index (χ3n) is 1.78. The number of rotatable bonds is 2. The summed E-state index contributed by atoms with van der Waals surface area (Å²) in [6, 6.07) is 0.923. The SMILES string of the molecule is C[C@H](O)[C@@H](N)c1c[nH]c(=O)c(Cl)c1. The molecule has 0 spiro atoms. The molecule has 1 aromatic rings. The number of aromatic nitrogens is 1. The molecule has 1 aromatic heterocycles. The molecule has 0 aromatic carbocycles. The van der Waals surface area contributed by atoms with Crippen LogP contribution in [0.4, 0.5) is 0 Å². The number of aliphatic hydroxyl groups excluding tert-OH is 1. The lowest BCUT2D eigenvalue weighted by Crippen LogP contribution is -2.24. The van der Waals surface area contributed by atoms with Gasteiger partial charge in [-0.3, -0.25) is 4.79 Å². The smallest absolute Gasteiger partial charge is 0.266 e. The molecule has 0 saturated carbocycles. The molecular formula is C8H11ClN2O2. The van der Waals surface area contributed by atoms with E-state index in [9.17, 15) is 9.90 Å². The van der Waals surface area contributed by atoms with Crippen LogP contribution in [-0.4, -0.2) is 16.2 Å². The number of hydrogen-bond donors (Lipinski definition) is 3. The van der Waals surface area contributed by atoms with Crippen molar-refractivity contribution in [1.29, 1.82) is 0 Å². The Labute approximate surface area is 80.3 Å². The number of hydrogen-bond acceptors (Lipinski definition) is 3. The van der Waals surface area contributed by atoms with Gasteiger partial charge in [0.15, 0.2) is 0 Å². The van der Waals surface area contributed by atoms with E-state index in [4.69, 9.17) is 17.3 Å². The standard InChI is InChI=1S/C8H11ClN2O2/c1-4(12)7(10)5-2-6(9)8(13)11-3-5/h2-4,7,12H,10H2,1H3,(H,11,13)/t4-,7+/m0/s1. The van der Waals surface area contributed by atoms with Gasteiger partial charge >= 0.3 is 0 Å². The summed E-state index contributed by atoms with van der Waals surface area (Å²) in [5.74, 6) is 0. The van der Waals surface area contributed by atoms with E-state index in [1.165, 1.54) is 12.3 Å². The van der Waals surface area contributed by atoms with Crippen LogP contribution >= 0.6 is 11.6 Å². The van der Waals surface area contributed by atoms with E-state index in [1.54, 1.807) is 6.92 Å². The minimum Gasteiger partial charge on any atom is -0.391 e. The molecule has 1 rings (SSSR count). The van der Waals surface area contributed by atoms with Crippen LogP contribution in [0.25, 0.3) is 0 Å². The first-order chi connectivity index (χ1) is 6.02. The molecule has 0 aliphatic rings. The Morgan fingerprint density at radius 2 is 2.31 bits per heavy atom. The zero-order valence-corrected chi connectivity index (χ0v) is 7.88. The van der Waals surface area contributed by atoms with Crippen LogP contribution in [0.2, 0.25) is 5.02 Å². The molecule has 72 valence electrons. The minimum atomic E-state index is -0.679. The summed E-state index contributed by atoms with van der Waals surface area (Å²) < 4.78 is 0. The maximum absolute atomic E-state index is 10.9. The number of halogens is 1. The van der Waals surface area contributed by atoms with Crippen molar-refractivity contribution in [2.45, 2.75) is 19.1 Å². The van der Waals surface area contributed by atoms with Gasteiger partial charge in [-0.05, 0) is 18.6 Å². The topological polar surface area (TPSA) is 79.1 Å². The number of aliphatic hydroxyl groups is 1. The van der Waals surface area contributed by atoms with Gasteiger partial charge in [0.25, 0.3) is 5.56 Å². The Morgan fingerprint density at radius 3 is 2.77 bits per heavy atom. The van der Waals surface area contributed by atoms with Crippen LogP contribution < -0.4 is 11.3 Å². The fourth-order valence-corrected chi connectivity index (χ4v) is 1.12. The Balaban J connectivity index is 3.04. The zero-order chi connectivity index (χ0) is 10.0. The quantitative estimate of drug-likeness (QED) is 0.650. The Bertz CT molecular complexity index is 348. The molecular weight excluding hydrogens is 192 g/mol. The second kappa shape index (κ2) is 3.91. The van der Waals surface area contributed by atoms with Crippen molar-refractivity contribution in [2.75, 3.05) is 0 Å². The molecule has 0 amide bonds. The molecule has 4 N–H and O–H groups in total. The first-order valence-electron chi connectivity index (χ1n) is 3.84. The van der Waals surface area contributed by atoms with Crippen molar-refractivity contribution in [1.82, 2.24) is 4.98 Å². The molecule has 1 heterocycles. The molecule has 0 unspecified atom stereocenters. The molecule has 4 nitrogen and oxygen atoms in total. The van der Waals surface area contributed by atoms with Gasteiger partial charge in [0, 0.05) is 6.20 Å². The summed E-state index contributed by atoms with van der Waals surface area (Å²) >= 11 is 5.58. The molecule has 0 radical (unpaired) electrons. The van der Waals surface area contributed by atoms with Gasteiger partial charge in [-0.15, -0.1) is 0 Å². The molecule has 0 fully saturated rings. The molecule has 0 aliphatic carbocycles. The van der Waals surface area contributed by atoms with Crippen molar-refractivity contribution < 1.29 is 5.11 Å². The van der Waals surface area contributed by atoms with E-state index >= 15 is 0 Å². The largest absolute Gasteiger partial charge is 0.391 e. The second-order valence-corrected chi connectivity index (χ2v) is 3.28. The number of aromatic amines is 1. The summed E-state index contributed by atoms with van der Waals surface area (Å²) in [5.41, 5.74) is 5.88. The summed E-state index contributed by atoms with van der Waals surface area (Å²) in [5, 5.41) is 9.25. The molecule has 2 atom stereocenters. The highest BCUT2D eigenvalue weighted by molar-refractivity contribution is 6.30. The number of H-pyrrole nitrogens is 1. The lowest BCUT2D eigenvalue weighted by Gasteiger charge is -2.14. The van der Waals surface area contributed by atoms with Crippen molar-refractivity contribution in [2.24, 2.45) is 5.73 Å². The van der Waals surface area contributed by atoms with E-state index in [0.717, 1.165) is 0 Å². The van der Waals surface area contributed by atoms with Gasteiger partial charge in [0.05, 0.1) is 12.1 Å². The molecule has 0 saturated heterocycles. The number of nitrogens with one attached hydrogen (secondary N) is 1. The number of nitrogens with two attached hydrogens (primary N) is 1. The third-order valence-corrected chi connectivity index (χ3v) is 2.07. The second-order valence-electron chi connectivity index (χ2n) is 2.88. The Morgan fingerprint density at radius 1 is 1.69 bits per heavy atom. The average Bonchev–Trinajstić information content (AvgIpc) is 2.08. The van der Waals surface area contributed by atoms with Crippen LogP contribution in [0.5, 0.6) is 0 Å². The van der Waals surface area contributed by atoms with Crippen LogP contribution in [-0.2, 0) is 0 Å². The molecule has 0 aliphatic heterocycles. The highest BCUT2D eigenvalue weighted by atomic mass is 35.5. The lowest BCUT2D eigenvalue weighted by molar-refractivity contribution is 0.164. The van der Waals surface area contributed by atoms with Gasteiger partial charge in [-0.25, -0.2) is 0 Å². The maximum atomic E-state index is 10.9. The first-order valence-corrected chi connectivity index (χ1v) is 4.22. The van der Waals surface area contributed by atoms with Crippen LogP contribution in [0.1, 0.15) is 18.5 Å². The molecule has 13 heavy (non-hydrogen) atoms. The highest BCUT2D eigenvalue weighted by Crippen LogP contribution is 2.14. The van der Waals surface area contributed by atoms with Gasteiger partial charge in [0.1, 0.15) is 5.02 Å². The minimum absolute atomic E-state index is 0.0774. The zero-order valence-electron chi connectivity index (χ0n) is 7.12. The lowest BCUT2D eigenvalue weighted by atomic mass is 10.1. The Kier molecular flexibility index (Phi) is 3.08. The van der Waals surface area contributed by atoms with Crippen LogP contribution in [0, 0.1) is 0 Å². The van der Waals surface area contributed by atoms with E-state index < -0.39 is 12.1 Å². The fraction of sp³-hybridized carbons (Fsp3) is 0.375. The average molecular weight is 203 g/mol. The summed E-state index contributed by atoms with van der Waals surface area (Å²) in [6.45, 7) is 1.57. The van der Waals surface area contributed by atoms with Crippen LogP contribution in [0.3, 0.4) is 0 Å². The van der Waals surface area contributed by atoms with E-state index in [0.29, 0.717) is 5.56 Å². The molecule has 0 bridgehead atoms. The highest BCUT2D eigenvalue weighted by Gasteiger charge is 2.12. The Hall–Kier alpha value is -0.840. The van der Waals surface area contributed by atoms with Crippen molar-refractivity contribution in [3.8, 4) is 0 Å². The summed E-state index contributed by atoms with van der Waals surface area (Å²) in [7, 11) is 0. The van der Waals surface area contributed by atoms with E-state index in [2.05, 4.69) is 4.98 Å². The van der Waals surface area contributed by atoms with Gasteiger partial charge < -0.3 is 15.8 Å². The first kappa shape index (κ1) is 10.2. The normalized spacial score (nSPS) is 15.4. The maximum Gasteiger partial charge on any atom is 0.266 e. The van der Waals surface area contributed by atoms with Gasteiger partial charge in [-0.1, -0.05) is 11.6 Å². The van der Waals surface area contributed by atoms with Crippen molar-refractivity contribution in [3.63, 3.8) is 0 Å². The predicted molar refractivity (Wildman–Crippen MR) is 50.7 cm³/mol. The summed E-state index contributed by atoms with van der Waals surface area (Å²) in [6.07, 6.45) is 0.771. The van der Waals surface area contributed by atoms with Gasteiger partial charge in [0.2, 0.25) is 0 Å².